The minimum Gasteiger partial charge on any atom is -0.295 e. The summed E-state index contributed by atoms with van der Waals surface area (Å²) in [4.78, 5) is 35.5. The molecule has 3 heteroatoms. The summed E-state index contributed by atoms with van der Waals surface area (Å²) in [7, 11) is 0. The van der Waals surface area contributed by atoms with Crippen molar-refractivity contribution in [3.05, 3.63) is 59.2 Å². The van der Waals surface area contributed by atoms with Gasteiger partial charge < -0.3 is 0 Å². The first-order chi connectivity index (χ1) is 9.09. The molecule has 1 aliphatic carbocycles. The maximum atomic E-state index is 12.1. The second kappa shape index (κ2) is 3.99. The number of rotatable bonds is 1. The van der Waals surface area contributed by atoms with E-state index in [1.807, 2.05) is 12.1 Å². The first-order valence-electron chi connectivity index (χ1n) is 5.93. The fourth-order valence-corrected chi connectivity index (χ4v) is 2.35. The van der Waals surface area contributed by atoms with Gasteiger partial charge in [-0.25, -0.2) is 0 Å². The van der Waals surface area contributed by atoms with Crippen molar-refractivity contribution < 1.29 is 14.4 Å². The van der Waals surface area contributed by atoms with Crippen LogP contribution in [-0.4, -0.2) is 17.3 Å². The van der Waals surface area contributed by atoms with E-state index in [4.69, 9.17) is 0 Å². The van der Waals surface area contributed by atoms with Gasteiger partial charge in [-0.15, -0.1) is 0 Å². The van der Waals surface area contributed by atoms with E-state index in [9.17, 15) is 14.4 Å². The second-order valence-electron chi connectivity index (χ2n) is 4.52. The molecular weight excluding hydrogens is 240 g/mol. The van der Waals surface area contributed by atoms with Crippen LogP contribution in [0.5, 0.6) is 0 Å². The average Bonchev–Trinajstić information content (AvgIpc) is 2.44. The molecule has 0 radical (unpaired) electrons. The SMILES string of the molecule is CC(=O)c1ccc2c(c1)C(=O)C(=O)c1ccccc1-2. The van der Waals surface area contributed by atoms with Crippen molar-refractivity contribution in [1.82, 2.24) is 0 Å². The maximum Gasteiger partial charge on any atom is 0.234 e. The summed E-state index contributed by atoms with van der Waals surface area (Å²) in [6, 6.07) is 11.9. The molecule has 92 valence electrons. The van der Waals surface area contributed by atoms with Crippen LogP contribution in [0.1, 0.15) is 38.0 Å². The maximum absolute atomic E-state index is 12.1. The van der Waals surface area contributed by atoms with Crippen molar-refractivity contribution in [2.75, 3.05) is 0 Å². The molecular formula is C16H10O3. The Morgan fingerprint density at radius 3 is 2.05 bits per heavy atom. The van der Waals surface area contributed by atoms with Gasteiger partial charge in [0.25, 0.3) is 0 Å². The van der Waals surface area contributed by atoms with Gasteiger partial charge in [-0.1, -0.05) is 36.4 Å². The summed E-state index contributed by atoms with van der Waals surface area (Å²) in [5.41, 5.74) is 2.65. The van der Waals surface area contributed by atoms with Crippen LogP contribution in [0.4, 0.5) is 0 Å². The van der Waals surface area contributed by atoms with Gasteiger partial charge in [-0.3, -0.25) is 14.4 Å². The molecule has 19 heavy (non-hydrogen) atoms. The fraction of sp³-hybridized carbons (Fsp3) is 0.0625. The van der Waals surface area contributed by atoms with Crippen LogP contribution in [-0.2, 0) is 0 Å². The molecule has 0 amide bonds. The Morgan fingerprint density at radius 2 is 1.37 bits per heavy atom. The van der Waals surface area contributed by atoms with Crippen LogP contribution < -0.4 is 0 Å². The molecule has 0 heterocycles. The molecule has 2 aromatic carbocycles. The van der Waals surface area contributed by atoms with Gasteiger partial charge in [0.2, 0.25) is 11.6 Å². The molecule has 1 aliphatic rings. The van der Waals surface area contributed by atoms with Crippen molar-refractivity contribution in [2.45, 2.75) is 6.92 Å². The molecule has 3 nitrogen and oxygen atoms in total. The van der Waals surface area contributed by atoms with Crippen LogP contribution in [0.3, 0.4) is 0 Å². The van der Waals surface area contributed by atoms with Crippen LogP contribution >= 0.6 is 0 Å². The molecule has 3 rings (SSSR count). The number of carbonyl (C=O) groups is 3. The van der Waals surface area contributed by atoms with E-state index in [0.717, 1.165) is 5.56 Å². The quantitative estimate of drug-likeness (QED) is 0.577. The highest BCUT2D eigenvalue weighted by atomic mass is 16.2. The Bertz CT molecular complexity index is 741. The summed E-state index contributed by atoms with van der Waals surface area (Å²) >= 11 is 0. The molecule has 0 saturated carbocycles. The Balaban J connectivity index is 2.33. The third-order valence-electron chi connectivity index (χ3n) is 3.34. The normalized spacial score (nSPS) is 12.9. The Labute approximate surface area is 109 Å². The molecule has 0 atom stereocenters. The fourth-order valence-electron chi connectivity index (χ4n) is 2.35. The van der Waals surface area contributed by atoms with Crippen LogP contribution in [0, 0.1) is 0 Å². The first kappa shape index (κ1) is 11.5. The third-order valence-corrected chi connectivity index (χ3v) is 3.34. The lowest BCUT2D eigenvalue weighted by Gasteiger charge is -2.18. The van der Waals surface area contributed by atoms with E-state index >= 15 is 0 Å². The second-order valence-corrected chi connectivity index (χ2v) is 4.52. The number of Topliss-reactive ketones (excluding diaryl/α,β-unsaturated/α-hetero) is 3. The van der Waals surface area contributed by atoms with Gasteiger partial charge in [-0.05, 0) is 24.1 Å². The summed E-state index contributed by atoms with van der Waals surface area (Å²) in [5, 5.41) is 0. The first-order valence-corrected chi connectivity index (χ1v) is 5.93. The van der Waals surface area contributed by atoms with E-state index in [1.54, 1.807) is 24.3 Å². The molecule has 0 N–H and O–H groups in total. The predicted molar refractivity (Wildman–Crippen MR) is 70.5 cm³/mol. The van der Waals surface area contributed by atoms with E-state index in [0.29, 0.717) is 22.3 Å². The zero-order chi connectivity index (χ0) is 13.6. The van der Waals surface area contributed by atoms with Crippen LogP contribution in [0.2, 0.25) is 0 Å². The van der Waals surface area contributed by atoms with Gasteiger partial charge in [-0.2, -0.15) is 0 Å². The van der Waals surface area contributed by atoms with Crippen LogP contribution in [0.15, 0.2) is 42.5 Å². The predicted octanol–water partition coefficient (Wildman–Crippen LogP) is 2.94. The topological polar surface area (TPSA) is 51.2 Å². The summed E-state index contributed by atoms with van der Waals surface area (Å²) in [6.45, 7) is 1.44. The summed E-state index contributed by atoms with van der Waals surface area (Å²) in [6.07, 6.45) is 0. The largest absolute Gasteiger partial charge is 0.295 e. The average molecular weight is 250 g/mol. The molecule has 0 saturated heterocycles. The Morgan fingerprint density at radius 1 is 0.789 bits per heavy atom. The highest BCUT2D eigenvalue weighted by Gasteiger charge is 2.30. The van der Waals surface area contributed by atoms with Crippen molar-refractivity contribution >= 4 is 17.3 Å². The standard InChI is InChI=1S/C16H10O3/c1-9(17)10-6-7-12-11-4-2-3-5-13(11)15(18)16(19)14(12)8-10/h2-8H,1H3. The van der Waals surface area contributed by atoms with Crippen LogP contribution in [0.25, 0.3) is 11.1 Å². The van der Waals surface area contributed by atoms with Gasteiger partial charge in [0.15, 0.2) is 5.78 Å². The highest BCUT2D eigenvalue weighted by molar-refractivity contribution is 6.53. The molecule has 0 unspecified atom stereocenters. The van der Waals surface area contributed by atoms with Gasteiger partial charge in [0.1, 0.15) is 0 Å². The molecule has 0 spiro atoms. The lowest BCUT2D eigenvalue weighted by Crippen LogP contribution is -2.21. The lowest BCUT2D eigenvalue weighted by molar-refractivity contribution is 0.0815. The van der Waals surface area contributed by atoms with Crippen molar-refractivity contribution in [1.29, 1.82) is 0 Å². The number of ketones is 3. The third kappa shape index (κ3) is 1.63. The number of fused-ring (bicyclic) bond motifs is 3. The van der Waals surface area contributed by atoms with Crippen molar-refractivity contribution in [3.8, 4) is 11.1 Å². The molecule has 0 aromatic heterocycles. The van der Waals surface area contributed by atoms with Crippen molar-refractivity contribution in [3.63, 3.8) is 0 Å². The minimum absolute atomic E-state index is 0.123. The monoisotopic (exact) mass is 250 g/mol. The number of benzene rings is 2. The van der Waals surface area contributed by atoms with E-state index in [1.165, 1.54) is 13.0 Å². The Hall–Kier alpha value is -2.55. The molecule has 0 aliphatic heterocycles. The molecule has 0 bridgehead atoms. The van der Waals surface area contributed by atoms with Gasteiger partial charge in [0.05, 0.1) is 0 Å². The zero-order valence-corrected chi connectivity index (χ0v) is 10.3. The van der Waals surface area contributed by atoms with E-state index < -0.39 is 11.6 Å². The van der Waals surface area contributed by atoms with E-state index in [-0.39, 0.29) is 5.78 Å². The van der Waals surface area contributed by atoms with Gasteiger partial charge in [0, 0.05) is 16.7 Å². The summed E-state index contributed by atoms with van der Waals surface area (Å²) in [5.74, 6) is -1.18. The lowest BCUT2D eigenvalue weighted by atomic mass is 9.83. The number of hydrogen-bond donors (Lipinski definition) is 0. The van der Waals surface area contributed by atoms with Gasteiger partial charge >= 0.3 is 0 Å². The summed E-state index contributed by atoms with van der Waals surface area (Å²) < 4.78 is 0. The number of carbonyl (C=O) groups excluding carboxylic acids is 3. The molecule has 0 fully saturated rings. The van der Waals surface area contributed by atoms with Crippen molar-refractivity contribution in [2.24, 2.45) is 0 Å². The smallest absolute Gasteiger partial charge is 0.234 e. The Kier molecular flexibility index (Phi) is 2.42. The zero-order valence-electron chi connectivity index (χ0n) is 10.3. The molecule has 2 aromatic rings. The number of hydrogen-bond acceptors (Lipinski definition) is 3. The highest BCUT2D eigenvalue weighted by Crippen LogP contribution is 2.33. The van der Waals surface area contributed by atoms with E-state index in [2.05, 4.69) is 0 Å². The minimum atomic E-state index is -0.545.